The topological polar surface area (TPSA) is 106 Å². The summed E-state index contributed by atoms with van der Waals surface area (Å²) in [5, 5.41) is 17.1. The molecule has 0 bridgehead atoms. The molecule has 0 aliphatic rings. The number of fused-ring (bicyclic) bond motifs is 1. The molecule has 9 heteroatoms. The van der Waals surface area contributed by atoms with Crippen LogP contribution in [0, 0.1) is 5.92 Å². The van der Waals surface area contributed by atoms with Crippen molar-refractivity contribution in [3.63, 3.8) is 0 Å². The van der Waals surface area contributed by atoms with Gasteiger partial charge in [0.15, 0.2) is 0 Å². The minimum absolute atomic E-state index is 0.0931. The zero-order chi connectivity index (χ0) is 23.3. The molecule has 0 saturated heterocycles. The van der Waals surface area contributed by atoms with Gasteiger partial charge in [0.1, 0.15) is 23.6 Å². The average molecular weight is 459 g/mol. The number of nitrogens with zero attached hydrogens (tertiary/aromatic N) is 2. The van der Waals surface area contributed by atoms with Gasteiger partial charge in [-0.2, -0.15) is 0 Å². The number of rotatable bonds is 9. The largest absolute Gasteiger partial charge is 0.495 e. The van der Waals surface area contributed by atoms with Crippen LogP contribution in [-0.4, -0.2) is 41.8 Å². The van der Waals surface area contributed by atoms with E-state index in [1.807, 2.05) is 26.0 Å². The second-order valence-electron chi connectivity index (χ2n) is 7.49. The molecule has 3 N–H and O–H groups in total. The fourth-order valence-corrected chi connectivity index (χ4v) is 3.63. The quantitative estimate of drug-likeness (QED) is 0.444. The molecule has 0 aliphatic carbocycles. The van der Waals surface area contributed by atoms with E-state index in [1.165, 1.54) is 13.4 Å². The lowest BCUT2D eigenvalue weighted by Gasteiger charge is -2.18. The molecule has 0 fully saturated rings. The summed E-state index contributed by atoms with van der Waals surface area (Å²) in [6, 6.07) is 7.33. The molecule has 1 aromatic heterocycles. The van der Waals surface area contributed by atoms with Crippen molar-refractivity contribution in [1.29, 1.82) is 0 Å². The highest BCUT2D eigenvalue weighted by atomic mass is 35.5. The van der Waals surface area contributed by atoms with E-state index in [9.17, 15) is 9.90 Å². The number of anilines is 2. The summed E-state index contributed by atoms with van der Waals surface area (Å²) < 4.78 is 10.8. The Hall–Kier alpha value is -3.10. The molecular weight excluding hydrogens is 432 g/mol. The Morgan fingerprint density at radius 3 is 2.59 bits per heavy atom. The number of amides is 1. The summed E-state index contributed by atoms with van der Waals surface area (Å²) in [7, 11) is 3.10. The molecule has 0 aliphatic heterocycles. The van der Waals surface area contributed by atoms with Gasteiger partial charge in [-0.05, 0) is 23.8 Å². The van der Waals surface area contributed by atoms with Crippen molar-refractivity contribution < 1.29 is 19.4 Å². The summed E-state index contributed by atoms with van der Waals surface area (Å²) in [4.78, 5) is 21.2. The van der Waals surface area contributed by atoms with Gasteiger partial charge in [0.25, 0.3) is 0 Å². The Balaban J connectivity index is 2.04. The Labute approximate surface area is 191 Å². The number of halogens is 1. The van der Waals surface area contributed by atoms with Crippen molar-refractivity contribution in [3.05, 3.63) is 46.7 Å². The molecule has 0 unspecified atom stereocenters. The molecule has 0 spiro atoms. The number of nitrogens with one attached hydrogen (secondary N) is 2. The summed E-state index contributed by atoms with van der Waals surface area (Å²) >= 11 is 6.23. The number of hydrogen-bond acceptors (Lipinski definition) is 7. The highest BCUT2D eigenvalue weighted by molar-refractivity contribution is 6.32. The monoisotopic (exact) mass is 458 g/mol. The van der Waals surface area contributed by atoms with Gasteiger partial charge in [-0.25, -0.2) is 9.97 Å². The molecule has 170 valence electrons. The summed E-state index contributed by atoms with van der Waals surface area (Å²) in [6.07, 6.45) is 1.77. The van der Waals surface area contributed by atoms with Crippen LogP contribution in [0.15, 0.2) is 30.6 Å². The molecule has 3 aromatic rings. The predicted octanol–water partition coefficient (Wildman–Crippen LogP) is 4.04. The van der Waals surface area contributed by atoms with Crippen molar-refractivity contribution in [2.24, 2.45) is 5.92 Å². The minimum Gasteiger partial charge on any atom is -0.495 e. The predicted molar refractivity (Wildman–Crippen MR) is 126 cm³/mol. The smallest absolute Gasteiger partial charge is 0.227 e. The zero-order valence-electron chi connectivity index (χ0n) is 18.5. The molecule has 3 rings (SSSR count). The SMILES string of the molecule is COc1ccc(CNc2ncnc3c(CCO)c(OC)c(NC(=O)C(C)C)cc23)cc1Cl. The zero-order valence-corrected chi connectivity index (χ0v) is 19.3. The van der Waals surface area contributed by atoms with Crippen LogP contribution in [0.3, 0.4) is 0 Å². The maximum atomic E-state index is 12.4. The van der Waals surface area contributed by atoms with Crippen molar-refractivity contribution in [2.45, 2.75) is 26.8 Å². The van der Waals surface area contributed by atoms with Crippen LogP contribution in [0.5, 0.6) is 11.5 Å². The number of benzene rings is 2. The van der Waals surface area contributed by atoms with Crippen molar-refractivity contribution in [2.75, 3.05) is 31.5 Å². The molecular formula is C23H27ClN4O4. The third kappa shape index (κ3) is 5.03. The minimum atomic E-state index is -0.207. The standard InChI is InChI=1S/C23H27ClN4O4/c1-13(2)23(30)28-18-10-16-20(15(7-8-29)21(18)32-4)26-12-27-22(16)25-11-14-5-6-19(31-3)17(24)9-14/h5-6,9-10,12-13,29H,7-8,11H2,1-4H3,(H,28,30)(H,25,26,27). The van der Waals surface area contributed by atoms with Gasteiger partial charge in [0.2, 0.25) is 5.91 Å². The lowest BCUT2D eigenvalue weighted by molar-refractivity contribution is -0.118. The number of hydrogen-bond donors (Lipinski definition) is 3. The first-order chi connectivity index (χ1) is 15.4. The number of ether oxygens (including phenoxy) is 2. The van der Waals surface area contributed by atoms with Crippen molar-refractivity contribution >= 4 is 39.9 Å². The molecule has 0 atom stereocenters. The van der Waals surface area contributed by atoms with E-state index in [0.29, 0.717) is 57.5 Å². The third-order valence-corrected chi connectivity index (χ3v) is 5.30. The number of carbonyl (C=O) groups is 1. The second-order valence-corrected chi connectivity index (χ2v) is 7.90. The van der Waals surface area contributed by atoms with E-state index in [4.69, 9.17) is 21.1 Å². The maximum absolute atomic E-state index is 12.4. The number of methoxy groups -OCH3 is 2. The van der Waals surface area contributed by atoms with Crippen LogP contribution in [0.4, 0.5) is 11.5 Å². The average Bonchev–Trinajstić information content (AvgIpc) is 2.78. The summed E-state index contributed by atoms with van der Waals surface area (Å²) in [5.74, 6) is 1.32. The van der Waals surface area contributed by atoms with Gasteiger partial charge in [-0.3, -0.25) is 4.79 Å². The van der Waals surface area contributed by atoms with Crippen LogP contribution in [0.1, 0.15) is 25.0 Å². The van der Waals surface area contributed by atoms with E-state index in [0.717, 1.165) is 5.56 Å². The molecule has 8 nitrogen and oxygen atoms in total. The number of aliphatic hydroxyl groups excluding tert-OH is 1. The fourth-order valence-electron chi connectivity index (χ4n) is 3.35. The van der Waals surface area contributed by atoms with Crippen LogP contribution in [0.2, 0.25) is 5.02 Å². The Morgan fingerprint density at radius 1 is 1.19 bits per heavy atom. The first-order valence-electron chi connectivity index (χ1n) is 10.2. The van der Waals surface area contributed by atoms with E-state index in [-0.39, 0.29) is 18.4 Å². The normalized spacial score (nSPS) is 11.0. The Kier molecular flexibility index (Phi) is 7.71. The van der Waals surface area contributed by atoms with Crippen molar-refractivity contribution in [1.82, 2.24) is 9.97 Å². The van der Waals surface area contributed by atoms with Gasteiger partial charge >= 0.3 is 0 Å². The van der Waals surface area contributed by atoms with Gasteiger partial charge in [-0.15, -0.1) is 0 Å². The summed E-state index contributed by atoms with van der Waals surface area (Å²) in [5.41, 5.74) is 2.79. The molecule has 0 radical (unpaired) electrons. The van der Waals surface area contributed by atoms with Crippen molar-refractivity contribution in [3.8, 4) is 11.5 Å². The third-order valence-electron chi connectivity index (χ3n) is 5.00. The number of aliphatic hydroxyl groups is 1. The second kappa shape index (κ2) is 10.5. The van der Waals surface area contributed by atoms with Crippen LogP contribution < -0.4 is 20.1 Å². The van der Waals surface area contributed by atoms with Crippen LogP contribution in [0.25, 0.3) is 10.9 Å². The summed E-state index contributed by atoms with van der Waals surface area (Å²) in [6.45, 7) is 4.00. The molecule has 1 amide bonds. The molecule has 1 heterocycles. The Morgan fingerprint density at radius 2 is 1.97 bits per heavy atom. The highest BCUT2D eigenvalue weighted by Crippen LogP contribution is 2.38. The first kappa shape index (κ1) is 23.6. The van der Waals surface area contributed by atoms with Crippen LogP contribution >= 0.6 is 11.6 Å². The van der Waals surface area contributed by atoms with E-state index in [1.54, 1.807) is 19.2 Å². The molecule has 0 saturated carbocycles. The number of carbonyl (C=O) groups excluding carboxylic acids is 1. The number of aromatic nitrogens is 2. The lowest BCUT2D eigenvalue weighted by atomic mass is 10.0. The van der Waals surface area contributed by atoms with E-state index >= 15 is 0 Å². The van der Waals surface area contributed by atoms with Gasteiger partial charge in [0.05, 0.1) is 30.4 Å². The Bertz CT molecular complexity index is 1120. The van der Waals surface area contributed by atoms with E-state index < -0.39 is 0 Å². The fraction of sp³-hybridized carbons (Fsp3) is 0.348. The first-order valence-corrected chi connectivity index (χ1v) is 10.6. The van der Waals surface area contributed by atoms with Gasteiger partial charge in [-0.1, -0.05) is 31.5 Å². The maximum Gasteiger partial charge on any atom is 0.227 e. The molecule has 2 aromatic carbocycles. The van der Waals surface area contributed by atoms with Gasteiger partial charge in [0, 0.05) is 36.4 Å². The highest BCUT2D eigenvalue weighted by Gasteiger charge is 2.20. The lowest BCUT2D eigenvalue weighted by Crippen LogP contribution is -2.19. The van der Waals surface area contributed by atoms with E-state index in [2.05, 4.69) is 20.6 Å². The molecule has 32 heavy (non-hydrogen) atoms. The van der Waals surface area contributed by atoms with Gasteiger partial charge < -0.3 is 25.2 Å². The van der Waals surface area contributed by atoms with Crippen LogP contribution in [-0.2, 0) is 17.8 Å².